The second-order valence-corrected chi connectivity index (χ2v) is 12.3. The molecule has 0 saturated heterocycles. The van der Waals surface area contributed by atoms with Crippen molar-refractivity contribution in [1.29, 1.82) is 0 Å². The number of nitrogens with one attached hydrogen (secondary N) is 2. The van der Waals surface area contributed by atoms with Gasteiger partial charge in [0.05, 0.1) is 11.4 Å². The summed E-state index contributed by atoms with van der Waals surface area (Å²) in [5, 5.41) is 8.02. The topological polar surface area (TPSA) is 75.1 Å². The zero-order valence-corrected chi connectivity index (χ0v) is 27.5. The van der Waals surface area contributed by atoms with Crippen LogP contribution in [-0.2, 0) is 0 Å². The number of thioether (sulfide) groups is 1. The van der Waals surface area contributed by atoms with Crippen LogP contribution in [0.1, 0.15) is 38.3 Å². The van der Waals surface area contributed by atoms with Gasteiger partial charge in [0.1, 0.15) is 5.82 Å². The van der Waals surface area contributed by atoms with E-state index in [-0.39, 0.29) is 11.2 Å². The van der Waals surface area contributed by atoms with Crippen LogP contribution < -0.4 is 21.5 Å². The summed E-state index contributed by atoms with van der Waals surface area (Å²) in [5.41, 5.74) is 4.50. The molecule has 2 N–H and O–H groups in total. The van der Waals surface area contributed by atoms with E-state index in [0.717, 1.165) is 66.5 Å². The summed E-state index contributed by atoms with van der Waals surface area (Å²) < 4.78 is 16.6. The molecule has 228 valence electrons. The lowest BCUT2D eigenvalue weighted by molar-refractivity contribution is 0.303. The molecular weight excluding hydrogens is 578 g/mol. The summed E-state index contributed by atoms with van der Waals surface area (Å²) in [6.45, 7) is 17.2. The first kappa shape index (κ1) is 32.6. The number of nitrogens with zero attached hydrogens (tertiary/aromatic N) is 4. The first-order chi connectivity index (χ1) is 20.8. The van der Waals surface area contributed by atoms with Gasteiger partial charge in [0.2, 0.25) is 5.95 Å². The number of aryl methyl sites for hydroxylation is 1. The molecule has 4 aromatic rings. The van der Waals surface area contributed by atoms with Gasteiger partial charge in [-0.15, -0.1) is 9.24 Å². The zero-order valence-electron chi connectivity index (χ0n) is 25.5. The quantitative estimate of drug-likeness (QED) is 0.128. The molecule has 0 saturated carbocycles. The molecule has 7 nitrogen and oxygen atoms in total. The fraction of sp³-hybridized carbons (Fsp3) is 0.364. The summed E-state index contributed by atoms with van der Waals surface area (Å²) in [7, 11) is 2.53. The Morgan fingerprint density at radius 1 is 1.09 bits per heavy atom. The third kappa shape index (κ3) is 7.83. The van der Waals surface area contributed by atoms with Crippen LogP contribution in [0.25, 0.3) is 33.7 Å². The molecule has 2 aromatic carbocycles. The Balaban J connectivity index is 1.85. The van der Waals surface area contributed by atoms with Gasteiger partial charge >= 0.3 is 0 Å². The van der Waals surface area contributed by atoms with Crippen LogP contribution in [0, 0.1) is 12.7 Å². The van der Waals surface area contributed by atoms with Crippen molar-refractivity contribution in [1.82, 2.24) is 24.8 Å². The maximum Gasteiger partial charge on any atom is 0.256 e. The largest absolute Gasteiger partial charge is 0.384 e. The second-order valence-electron chi connectivity index (χ2n) is 10.3. The average molecular weight is 621 g/mol. The minimum absolute atomic E-state index is 0.160. The molecule has 0 radical (unpaired) electrons. The van der Waals surface area contributed by atoms with Gasteiger partial charge < -0.3 is 15.5 Å². The van der Waals surface area contributed by atoms with Crippen LogP contribution in [0.4, 0.5) is 10.3 Å². The van der Waals surface area contributed by atoms with Gasteiger partial charge in [0, 0.05) is 41.6 Å². The number of benzene rings is 2. The minimum Gasteiger partial charge on any atom is -0.384 e. The minimum atomic E-state index is -0.502. The number of hydrogen-bond donors (Lipinski definition) is 2. The number of para-hydroxylation sites is 1. The number of fused-ring (bicyclic) bond motifs is 1. The van der Waals surface area contributed by atoms with Crippen molar-refractivity contribution < 1.29 is 4.39 Å². The molecule has 1 unspecified atom stereocenters. The van der Waals surface area contributed by atoms with Crippen LogP contribution in [0.15, 0.2) is 59.9 Å². The maximum absolute atomic E-state index is 15.3. The monoisotopic (exact) mass is 620 g/mol. The molecule has 0 aliphatic heterocycles. The summed E-state index contributed by atoms with van der Waals surface area (Å²) in [4.78, 5) is 25.5. The fourth-order valence-corrected chi connectivity index (χ4v) is 5.92. The first-order valence-corrected chi connectivity index (χ1v) is 16.6. The van der Waals surface area contributed by atoms with Gasteiger partial charge in [-0.05, 0) is 73.4 Å². The van der Waals surface area contributed by atoms with Crippen LogP contribution in [0.3, 0.4) is 0 Å². The number of anilines is 1. The summed E-state index contributed by atoms with van der Waals surface area (Å²) in [6, 6.07) is 14.1. The Kier molecular flexibility index (Phi) is 11.7. The highest BCUT2D eigenvalue weighted by Crippen LogP contribution is 2.32. The standard InChI is InChI=1S/C33H42FN6OPS/c1-6-39(7-2)19-10-17-36-33-37-30(26-21-24(14-13-22(26)4)23(5)35-18-20-43-8-3)25-15-16-29(41)40(32(25)38-33)31-27(34)11-9-12-28(31)42/h9,11-16,21,35H,5-8,10,17-20,42H2,1-4H3,(H,36,37,38). The van der Waals surface area contributed by atoms with Gasteiger partial charge in [-0.2, -0.15) is 16.7 Å². The van der Waals surface area contributed by atoms with Gasteiger partial charge in [0.25, 0.3) is 5.56 Å². The molecule has 10 heteroatoms. The fourth-order valence-electron chi connectivity index (χ4n) is 5.01. The van der Waals surface area contributed by atoms with Crippen LogP contribution >= 0.6 is 21.0 Å². The zero-order chi connectivity index (χ0) is 30.9. The van der Waals surface area contributed by atoms with E-state index in [1.54, 1.807) is 18.2 Å². The number of aromatic nitrogens is 3. The van der Waals surface area contributed by atoms with Crippen molar-refractivity contribution in [3.63, 3.8) is 0 Å². The van der Waals surface area contributed by atoms with E-state index in [9.17, 15) is 4.79 Å². The summed E-state index contributed by atoms with van der Waals surface area (Å²) >= 11 is 1.88. The van der Waals surface area contributed by atoms with Crippen LogP contribution in [-0.4, -0.2) is 63.7 Å². The van der Waals surface area contributed by atoms with E-state index in [1.165, 1.54) is 16.7 Å². The van der Waals surface area contributed by atoms with Crippen molar-refractivity contribution in [3.05, 3.63) is 82.4 Å². The molecule has 0 spiro atoms. The van der Waals surface area contributed by atoms with Crippen molar-refractivity contribution >= 4 is 49.0 Å². The van der Waals surface area contributed by atoms with Crippen LogP contribution in [0.5, 0.6) is 0 Å². The lowest BCUT2D eigenvalue weighted by atomic mass is 9.98. The Morgan fingerprint density at radius 3 is 2.60 bits per heavy atom. The predicted molar refractivity (Wildman–Crippen MR) is 186 cm³/mol. The molecule has 0 bridgehead atoms. The highest BCUT2D eigenvalue weighted by Gasteiger charge is 2.20. The Bertz CT molecular complexity index is 1620. The molecule has 43 heavy (non-hydrogen) atoms. The third-order valence-corrected chi connectivity index (χ3v) is 8.82. The number of pyridine rings is 1. The highest BCUT2D eigenvalue weighted by molar-refractivity contribution is 7.99. The normalized spacial score (nSPS) is 11.3. The van der Waals surface area contributed by atoms with Gasteiger partial charge in [-0.25, -0.2) is 9.37 Å². The molecule has 0 aliphatic rings. The van der Waals surface area contributed by atoms with Crippen molar-refractivity contribution in [2.75, 3.05) is 49.5 Å². The summed E-state index contributed by atoms with van der Waals surface area (Å²) in [6.07, 6.45) is 0.902. The predicted octanol–water partition coefficient (Wildman–Crippen LogP) is 5.85. The molecule has 2 aromatic heterocycles. The average Bonchev–Trinajstić information content (AvgIpc) is 3.00. The SMILES string of the molecule is C=C(NCCSCC)c1ccc(C)c(-c2nc(NCCCN(CC)CC)nc3c2ccc(=O)n3-c2c(F)cccc2P)c1. The Labute approximate surface area is 260 Å². The van der Waals surface area contributed by atoms with E-state index < -0.39 is 5.82 Å². The van der Waals surface area contributed by atoms with Gasteiger partial charge in [-0.3, -0.25) is 9.36 Å². The molecule has 0 aliphatic carbocycles. The van der Waals surface area contributed by atoms with Gasteiger partial charge in [0.15, 0.2) is 5.65 Å². The number of rotatable bonds is 15. The summed E-state index contributed by atoms with van der Waals surface area (Å²) in [5.74, 6) is 1.96. The first-order valence-electron chi connectivity index (χ1n) is 14.8. The highest BCUT2D eigenvalue weighted by atomic mass is 32.2. The maximum atomic E-state index is 15.3. The smallest absolute Gasteiger partial charge is 0.256 e. The van der Waals surface area contributed by atoms with E-state index in [2.05, 4.69) is 64.3 Å². The molecule has 2 heterocycles. The van der Waals surface area contributed by atoms with E-state index in [1.807, 2.05) is 24.8 Å². The van der Waals surface area contributed by atoms with Crippen LogP contribution in [0.2, 0.25) is 0 Å². The van der Waals surface area contributed by atoms with E-state index >= 15 is 4.39 Å². The van der Waals surface area contributed by atoms with Crippen molar-refractivity contribution in [2.24, 2.45) is 0 Å². The Hall–Kier alpha value is -3.26. The van der Waals surface area contributed by atoms with Crippen molar-refractivity contribution in [2.45, 2.75) is 34.1 Å². The number of halogens is 1. The lowest BCUT2D eigenvalue weighted by Gasteiger charge is -2.19. The lowest BCUT2D eigenvalue weighted by Crippen LogP contribution is -2.26. The Morgan fingerprint density at radius 2 is 1.88 bits per heavy atom. The molecule has 0 amide bonds. The van der Waals surface area contributed by atoms with Crippen molar-refractivity contribution in [3.8, 4) is 16.9 Å². The third-order valence-electron chi connectivity index (χ3n) is 7.45. The second kappa shape index (κ2) is 15.5. The molecular formula is C33H42FN6OPS. The van der Waals surface area contributed by atoms with Gasteiger partial charge in [-0.1, -0.05) is 51.6 Å². The molecule has 0 fully saturated rings. The molecule has 1 atom stereocenters. The number of hydrogen-bond acceptors (Lipinski definition) is 7. The van der Waals surface area contributed by atoms with E-state index in [4.69, 9.17) is 9.97 Å². The van der Waals surface area contributed by atoms with E-state index in [0.29, 0.717) is 34.5 Å². The molecule has 4 rings (SSSR count).